The van der Waals surface area contributed by atoms with Crippen LogP contribution in [0.2, 0.25) is 5.02 Å². The third kappa shape index (κ3) is 7.88. The van der Waals surface area contributed by atoms with Crippen molar-refractivity contribution >= 4 is 23.5 Å². The van der Waals surface area contributed by atoms with Crippen LogP contribution in [0.25, 0.3) is 0 Å². The Morgan fingerprint density at radius 1 is 1.23 bits per heavy atom. The van der Waals surface area contributed by atoms with E-state index in [1.54, 1.807) is 0 Å². The Bertz CT molecular complexity index is 475. The van der Waals surface area contributed by atoms with E-state index < -0.39 is 0 Å². The van der Waals surface area contributed by atoms with Gasteiger partial charge < -0.3 is 15.4 Å². The predicted octanol–water partition coefficient (Wildman–Crippen LogP) is 2.74. The third-order valence-electron chi connectivity index (χ3n) is 2.83. The molecule has 0 saturated heterocycles. The Balaban J connectivity index is 2.38. The quantitative estimate of drug-likeness (QED) is 0.334. The molecule has 1 aromatic carbocycles. The molecule has 0 unspecified atom stereocenters. The molecule has 0 aliphatic carbocycles. The highest BCUT2D eigenvalue weighted by Crippen LogP contribution is 2.10. The first-order valence-electron chi connectivity index (χ1n) is 7.58. The molecule has 0 aliphatic heterocycles. The minimum absolute atomic E-state index is 0.160. The lowest BCUT2D eigenvalue weighted by Gasteiger charge is -2.11. The van der Waals surface area contributed by atoms with Gasteiger partial charge in [0.05, 0.1) is 13.2 Å². The number of hydrogen-bond acceptors (Lipinski definition) is 3. The summed E-state index contributed by atoms with van der Waals surface area (Å²) in [5, 5.41) is 7.10. The molecule has 0 saturated carbocycles. The summed E-state index contributed by atoms with van der Waals surface area (Å²) in [5.74, 6) is 0.578. The first kappa shape index (κ1) is 18.3. The van der Waals surface area contributed by atoms with Gasteiger partial charge in [0.1, 0.15) is 0 Å². The summed E-state index contributed by atoms with van der Waals surface area (Å²) in [7, 11) is 0. The molecule has 122 valence electrons. The average molecular weight is 326 g/mol. The summed E-state index contributed by atoms with van der Waals surface area (Å²) in [4.78, 5) is 15.7. The van der Waals surface area contributed by atoms with Crippen LogP contribution in [0.5, 0.6) is 0 Å². The SMILES string of the molecule is CCNC(=NCc1ccc(Cl)cc1)NCCCC(=O)OCC. The fourth-order valence-electron chi connectivity index (χ4n) is 1.77. The molecule has 0 radical (unpaired) electrons. The number of guanidine groups is 1. The van der Waals surface area contributed by atoms with E-state index in [1.165, 1.54) is 0 Å². The van der Waals surface area contributed by atoms with Crippen molar-refractivity contribution in [2.75, 3.05) is 19.7 Å². The van der Waals surface area contributed by atoms with Crippen LogP contribution in [-0.4, -0.2) is 31.6 Å². The molecule has 0 amide bonds. The Kier molecular flexibility index (Phi) is 9.07. The lowest BCUT2D eigenvalue weighted by Crippen LogP contribution is -2.37. The van der Waals surface area contributed by atoms with Crippen LogP contribution in [0.4, 0.5) is 0 Å². The van der Waals surface area contributed by atoms with Crippen LogP contribution in [0.1, 0.15) is 32.3 Å². The molecule has 0 aliphatic rings. The number of hydrogen-bond donors (Lipinski definition) is 2. The fourth-order valence-corrected chi connectivity index (χ4v) is 1.90. The third-order valence-corrected chi connectivity index (χ3v) is 3.08. The Morgan fingerprint density at radius 3 is 2.59 bits per heavy atom. The van der Waals surface area contributed by atoms with Gasteiger partial charge in [0.25, 0.3) is 0 Å². The van der Waals surface area contributed by atoms with E-state index in [9.17, 15) is 4.79 Å². The topological polar surface area (TPSA) is 62.7 Å². The normalized spacial score (nSPS) is 11.1. The van der Waals surface area contributed by atoms with Gasteiger partial charge in [-0.05, 0) is 38.0 Å². The van der Waals surface area contributed by atoms with Gasteiger partial charge in [0, 0.05) is 24.5 Å². The predicted molar refractivity (Wildman–Crippen MR) is 90.1 cm³/mol. The average Bonchev–Trinajstić information content (AvgIpc) is 2.51. The van der Waals surface area contributed by atoms with Crippen LogP contribution in [0.3, 0.4) is 0 Å². The van der Waals surface area contributed by atoms with E-state index in [1.807, 2.05) is 38.1 Å². The summed E-state index contributed by atoms with van der Waals surface area (Å²) < 4.78 is 4.89. The molecule has 5 nitrogen and oxygen atoms in total. The summed E-state index contributed by atoms with van der Waals surface area (Å²) in [6, 6.07) is 7.62. The zero-order valence-corrected chi connectivity index (χ0v) is 13.9. The number of carbonyl (C=O) groups is 1. The smallest absolute Gasteiger partial charge is 0.305 e. The van der Waals surface area contributed by atoms with Crippen molar-refractivity contribution in [1.29, 1.82) is 0 Å². The summed E-state index contributed by atoms with van der Waals surface area (Å²) in [6.45, 7) is 6.28. The van der Waals surface area contributed by atoms with Gasteiger partial charge in [-0.15, -0.1) is 0 Å². The number of benzene rings is 1. The van der Waals surface area contributed by atoms with Crippen molar-refractivity contribution in [2.45, 2.75) is 33.2 Å². The number of esters is 1. The standard InChI is InChI=1S/C16H24ClN3O2/c1-3-18-16(19-11-5-6-15(21)22-4-2)20-12-13-7-9-14(17)10-8-13/h7-10H,3-6,11-12H2,1-2H3,(H2,18,19,20). The maximum Gasteiger partial charge on any atom is 0.305 e. The number of carbonyl (C=O) groups excluding carboxylic acids is 1. The van der Waals surface area contributed by atoms with Crippen molar-refractivity contribution < 1.29 is 9.53 Å². The molecule has 0 spiro atoms. The Hall–Kier alpha value is -1.75. The summed E-state index contributed by atoms with van der Waals surface area (Å²) in [5.41, 5.74) is 1.09. The summed E-state index contributed by atoms with van der Waals surface area (Å²) in [6.07, 6.45) is 1.13. The van der Waals surface area contributed by atoms with Crippen molar-refractivity contribution in [3.8, 4) is 0 Å². The Labute approximate surface area is 137 Å². The van der Waals surface area contributed by atoms with Gasteiger partial charge in [-0.3, -0.25) is 4.79 Å². The minimum Gasteiger partial charge on any atom is -0.466 e. The van der Waals surface area contributed by atoms with E-state index in [0.717, 1.165) is 23.1 Å². The van der Waals surface area contributed by atoms with E-state index >= 15 is 0 Å². The van der Waals surface area contributed by atoms with Gasteiger partial charge in [0.2, 0.25) is 0 Å². The number of halogens is 1. The van der Waals surface area contributed by atoms with E-state index in [0.29, 0.717) is 32.5 Å². The minimum atomic E-state index is -0.160. The van der Waals surface area contributed by atoms with Crippen molar-refractivity contribution in [2.24, 2.45) is 4.99 Å². The number of rotatable bonds is 8. The molecule has 6 heteroatoms. The molecule has 0 heterocycles. The zero-order valence-electron chi connectivity index (χ0n) is 13.2. The molecule has 0 aromatic heterocycles. The van der Waals surface area contributed by atoms with E-state index in [4.69, 9.17) is 16.3 Å². The highest BCUT2D eigenvalue weighted by Gasteiger charge is 2.02. The van der Waals surface area contributed by atoms with Crippen molar-refractivity contribution in [1.82, 2.24) is 10.6 Å². The molecule has 0 bridgehead atoms. The van der Waals surface area contributed by atoms with Crippen molar-refractivity contribution in [3.63, 3.8) is 0 Å². The van der Waals surface area contributed by atoms with Gasteiger partial charge in [-0.1, -0.05) is 23.7 Å². The maximum atomic E-state index is 11.2. The van der Waals surface area contributed by atoms with Crippen LogP contribution in [-0.2, 0) is 16.1 Å². The first-order valence-corrected chi connectivity index (χ1v) is 7.95. The molecule has 2 N–H and O–H groups in total. The second-order valence-corrected chi connectivity index (χ2v) is 5.09. The highest BCUT2D eigenvalue weighted by molar-refractivity contribution is 6.30. The molecule has 0 atom stereocenters. The monoisotopic (exact) mass is 325 g/mol. The second-order valence-electron chi connectivity index (χ2n) is 4.66. The van der Waals surface area contributed by atoms with Gasteiger partial charge in [-0.25, -0.2) is 4.99 Å². The molecule has 1 rings (SSSR count). The fraction of sp³-hybridized carbons (Fsp3) is 0.500. The van der Waals surface area contributed by atoms with Gasteiger partial charge in [0.15, 0.2) is 5.96 Å². The van der Waals surface area contributed by atoms with E-state index in [2.05, 4.69) is 15.6 Å². The summed E-state index contributed by atoms with van der Waals surface area (Å²) >= 11 is 5.86. The molecule has 0 fully saturated rings. The number of nitrogens with one attached hydrogen (secondary N) is 2. The van der Waals surface area contributed by atoms with Crippen LogP contribution in [0, 0.1) is 0 Å². The molecular weight excluding hydrogens is 302 g/mol. The molecule has 22 heavy (non-hydrogen) atoms. The molecule has 1 aromatic rings. The number of ether oxygens (including phenoxy) is 1. The maximum absolute atomic E-state index is 11.2. The first-order chi connectivity index (χ1) is 10.7. The highest BCUT2D eigenvalue weighted by atomic mass is 35.5. The van der Waals surface area contributed by atoms with Gasteiger partial charge >= 0.3 is 5.97 Å². The molecular formula is C16H24ClN3O2. The van der Waals surface area contributed by atoms with E-state index in [-0.39, 0.29) is 5.97 Å². The number of nitrogens with zero attached hydrogens (tertiary/aromatic N) is 1. The lowest BCUT2D eigenvalue weighted by atomic mass is 10.2. The number of aliphatic imine (C=N–C) groups is 1. The lowest BCUT2D eigenvalue weighted by molar-refractivity contribution is -0.143. The van der Waals surface area contributed by atoms with Crippen molar-refractivity contribution in [3.05, 3.63) is 34.9 Å². The van der Waals surface area contributed by atoms with Gasteiger partial charge in [-0.2, -0.15) is 0 Å². The second kappa shape index (κ2) is 10.9. The van der Waals surface area contributed by atoms with Crippen LogP contribution >= 0.6 is 11.6 Å². The van der Waals surface area contributed by atoms with Crippen LogP contribution in [0.15, 0.2) is 29.3 Å². The van der Waals surface area contributed by atoms with Crippen LogP contribution < -0.4 is 10.6 Å². The largest absolute Gasteiger partial charge is 0.466 e. The zero-order chi connectivity index (χ0) is 16.2. The Morgan fingerprint density at radius 2 is 1.95 bits per heavy atom.